The number of hydrogen-bond acceptors (Lipinski definition) is 5. The molecule has 0 aromatic heterocycles. The number of hydrogen-bond donors (Lipinski definition) is 4. The Bertz CT molecular complexity index is 1300. The monoisotopic (exact) mass is 486 g/mol. The van der Waals surface area contributed by atoms with Gasteiger partial charge in [0.2, 0.25) is 11.8 Å². The van der Waals surface area contributed by atoms with Gasteiger partial charge in [-0.2, -0.15) is 0 Å². The molecule has 0 aliphatic heterocycles. The Morgan fingerprint density at radius 2 is 1.33 bits per heavy atom. The third-order valence-corrected chi connectivity index (χ3v) is 6.92. The first kappa shape index (κ1) is 25.1. The van der Waals surface area contributed by atoms with Gasteiger partial charge in [-0.15, -0.1) is 0 Å². The van der Waals surface area contributed by atoms with Crippen LogP contribution < -0.4 is 10.6 Å². The molecular formula is C29H30N2O5. The van der Waals surface area contributed by atoms with Crippen LogP contribution in [0.5, 0.6) is 5.75 Å². The lowest BCUT2D eigenvalue weighted by Crippen LogP contribution is -2.56. The van der Waals surface area contributed by atoms with Crippen LogP contribution in [0.25, 0.3) is 0 Å². The summed E-state index contributed by atoms with van der Waals surface area (Å²) in [6.07, 6.45) is -0.348. The third-order valence-electron chi connectivity index (χ3n) is 6.92. The number of Topliss-reactive ketones (excluding diaryl/α,β-unsaturated/α-hetero) is 1. The number of aliphatic hydroxyl groups is 1. The molecule has 0 saturated heterocycles. The van der Waals surface area contributed by atoms with E-state index in [9.17, 15) is 24.6 Å². The van der Waals surface area contributed by atoms with Crippen molar-refractivity contribution in [2.24, 2.45) is 11.8 Å². The molecule has 2 amide bonds. The summed E-state index contributed by atoms with van der Waals surface area (Å²) in [4.78, 5) is 40.6. The first-order valence-electron chi connectivity index (χ1n) is 11.9. The van der Waals surface area contributed by atoms with E-state index >= 15 is 0 Å². The van der Waals surface area contributed by atoms with Gasteiger partial charge in [-0.3, -0.25) is 14.4 Å². The molecule has 0 heterocycles. The van der Waals surface area contributed by atoms with Crippen molar-refractivity contribution in [1.82, 2.24) is 0 Å². The molecular weight excluding hydrogens is 456 g/mol. The molecule has 1 fully saturated rings. The fourth-order valence-electron chi connectivity index (χ4n) is 5.04. The quantitative estimate of drug-likeness (QED) is 0.401. The number of rotatable bonds is 5. The first-order valence-corrected chi connectivity index (χ1v) is 11.9. The molecule has 4 N–H and O–H groups in total. The average Bonchev–Trinajstić information content (AvgIpc) is 2.81. The maximum atomic E-state index is 13.7. The number of amides is 2. The number of anilines is 2. The summed E-state index contributed by atoms with van der Waals surface area (Å²) in [5.41, 5.74) is 1.62. The fourth-order valence-corrected chi connectivity index (χ4v) is 5.04. The van der Waals surface area contributed by atoms with Gasteiger partial charge in [-0.05, 0) is 61.7 Å². The van der Waals surface area contributed by atoms with E-state index in [0.29, 0.717) is 16.9 Å². The van der Waals surface area contributed by atoms with Crippen molar-refractivity contribution in [1.29, 1.82) is 0 Å². The van der Waals surface area contributed by atoms with Gasteiger partial charge in [0.25, 0.3) is 0 Å². The Morgan fingerprint density at radius 3 is 1.86 bits per heavy atom. The maximum Gasteiger partial charge on any atom is 0.235 e. The van der Waals surface area contributed by atoms with Crippen LogP contribution in [0.3, 0.4) is 0 Å². The van der Waals surface area contributed by atoms with E-state index in [0.717, 1.165) is 11.1 Å². The molecule has 4 atom stereocenters. The first-order chi connectivity index (χ1) is 17.1. The van der Waals surface area contributed by atoms with Gasteiger partial charge in [0.05, 0.1) is 11.5 Å². The van der Waals surface area contributed by atoms with Gasteiger partial charge in [-0.1, -0.05) is 48.5 Å². The Kier molecular flexibility index (Phi) is 6.95. The maximum absolute atomic E-state index is 13.7. The predicted octanol–water partition coefficient (Wildman–Crippen LogP) is 4.33. The van der Waals surface area contributed by atoms with Crippen LogP contribution in [-0.2, 0) is 14.4 Å². The summed E-state index contributed by atoms with van der Waals surface area (Å²) in [6.45, 7) is 5.16. The van der Waals surface area contributed by atoms with E-state index in [1.807, 2.05) is 38.1 Å². The van der Waals surface area contributed by atoms with Crippen LogP contribution in [0, 0.1) is 25.7 Å². The van der Waals surface area contributed by atoms with Crippen molar-refractivity contribution < 1.29 is 24.6 Å². The molecule has 3 aromatic rings. The SMILES string of the molecule is Cc1ccccc1NC(=O)[C@H]1C(=O)C[C@](C)(O)[C@@H](C(=O)Nc2ccccc2C)[C@@H]1c1ccc(O)cc1. The highest BCUT2D eigenvalue weighted by Crippen LogP contribution is 2.47. The van der Waals surface area contributed by atoms with Gasteiger partial charge in [-0.25, -0.2) is 0 Å². The number of benzene rings is 3. The summed E-state index contributed by atoms with van der Waals surface area (Å²) in [6, 6.07) is 20.5. The number of carbonyl (C=O) groups is 3. The lowest BCUT2D eigenvalue weighted by molar-refractivity contribution is -0.150. The number of aromatic hydroxyl groups is 1. The zero-order valence-corrected chi connectivity index (χ0v) is 20.5. The molecule has 7 nitrogen and oxygen atoms in total. The minimum atomic E-state index is -1.70. The second-order valence-electron chi connectivity index (χ2n) is 9.68. The second-order valence-corrected chi connectivity index (χ2v) is 9.68. The van der Waals surface area contributed by atoms with E-state index in [2.05, 4.69) is 10.6 Å². The highest BCUT2D eigenvalue weighted by atomic mass is 16.3. The molecule has 0 spiro atoms. The highest BCUT2D eigenvalue weighted by molar-refractivity contribution is 6.10. The van der Waals surface area contributed by atoms with E-state index in [1.54, 1.807) is 36.4 Å². The van der Waals surface area contributed by atoms with Crippen LogP contribution in [0.4, 0.5) is 11.4 Å². The minimum Gasteiger partial charge on any atom is -0.508 e. The number of nitrogens with one attached hydrogen (secondary N) is 2. The van der Waals surface area contributed by atoms with Crippen LogP contribution in [0.15, 0.2) is 72.8 Å². The fraction of sp³-hybridized carbons (Fsp3) is 0.276. The van der Waals surface area contributed by atoms with Crippen molar-refractivity contribution in [3.63, 3.8) is 0 Å². The third kappa shape index (κ3) is 5.02. The van der Waals surface area contributed by atoms with E-state index in [-0.39, 0.29) is 12.2 Å². The van der Waals surface area contributed by atoms with E-state index in [1.165, 1.54) is 19.1 Å². The zero-order valence-electron chi connectivity index (χ0n) is 20.5. The van der Waals surface area contributed by atoms with Gasteiger partial charge in [0.15, 0.2) is 0 Å². The number of para-hydroxylation sites is 2. The van der Waals surface area contributed by atoms with Crippen LogP contribution >= 0.6 is 0 Å². The number of phenols is 1. The van der Waals surface area contributed by atoms with Gasteiger partial charge >= 0.3 is 0 Å². The number of aryl methyl sites for hydroxylation is 2. The molecule has 0 radical (unpaired) electrons. The van der Waals surface area contributed by atoms with Crippen molar-refractivity contribution in [3.05, 3.63) is 89.5 Å². The topological polar surface area (TPSA) is 116 Å². The molecule has 0 bridgehead atoms. The lowest BCUT2D eigenvalue weighted by Gasteiger charge is -2.44. The van der Waals surface area contributed by atoms with Crippen molar-refractivity contribution in [3.8, 4) is 5.75 Å². The Labute approximate surface area is 210 Å². The summed E-state index contributed by atoms with van der Waals surface area (Å²) < 4.78 is 0. The molecule has 36 heavy (non-hydrogen) atoms. The Hall–Kier alpha value is -3.97. The second kappa shape index (κ2) is 9.95. The van der Waals surface area contributed by atoms with Gasteiger partial charge < -0.3 is 20.8 Å². The summed E-state index contributed by atoms with van der Waals surface area (Å²) in [5, 5.41) is 26.9. The molecule has 3 aromatic carbocycles. The van der Waals surface area contributed by atoms with Gasteiger partial charge in [0.1, 0.15) is 17.5 Å². The molecule has 1 aliphatic carbocycles. The minimum absolute atomic E-state index is 0.00877. The Morgan fingerprint density at radius 1 is 0.833 bits per heavy atom. The van der Waals surface area contributed by atoms with Crippen LogP contribution in [0.1, 0.15) is 36.0 Å². The van der Waals surface area contributed by atoms with Crippen molar-refractivity contribution in [2.45, 2.75) is 38.7 Å². The number of phenolic OH excluding ortho intramolecular Hbond substituents is 1. The standard InChI is InChI=1S/C29H30N2O5/c1-17-8-4-6-10-21(17)30-27(34)25-23(33)16-29(3,36)26(24(25)19-12-14-20(32)15-13-19)28(35)31-22-11-7-5-9-18(22)2/h4-15,24-26,32,36H,16H2,1-3H3,(H,30,34)(H,31,35)/t24-,25+,26-,29+/m1/s1. The average molecular weight is 487 g/mol. The summed E-state index contributed by atoms with van der Waals surface area (Å²) in [5.74, 6) is -4.78. The van der Waals surface area contributed by atoms with Crippen LogP contribution in [-0.4, -0.2) is 33.4 Å². The molecule has 4 rings (SSSR count). The summed E-state index contributed by atoms with van der Waals surface area (Å²) >= 11 is 0. The zero-order chi connectivity index (χ0) is 26.0. The highest BCUT2D eigenvalue weighted by Gasteiger charge is 2.56. The van der Waals surface area contributed by atoms with Crippen LogP contribution in [0.2, 0.25) is 0 Å². The smallest absolute Gasteiger partial charge is 0.235 e. The predicted molar refractivity (Wildman–Crippen MR) is 138 cm³/mol. The number of ketones is 1. The molecule has 1 saturated carbocycles. The lowest BCUT2D eigenvalue weighted by atomic mass is 9.61. The van der Waals surface area contributed by atoms with Crippen molar-refractivity contribution >= 4 is 29.0 Å². The molecule has 1 aliphatic rings. The molecule has 186 valence electrons. The largest absolute Gasteiger partial charge is 0.508 e. The van der Waals surface area contributed by atoms with Crippen molar-refractivity contribution in [2.75, 3.05) is 10.6 Å². The number of carbonyl (C=O) groups excluding carboxylic acids is 3. The van der Waals surface area contributed by atoms with E-state index in [4.69, 9.17) is 0 Å². The van der Waals surface area contributed by atoms with E-state index < -0.39 is 41.0 Å². The van der Waals surface area contributed by atoms with Gasteiger partial charge in [0, 0.05) is 23.7 Å². The summed E-state index contributed by atoms with van der Waals surface area (Å²) in [7, 11) is 0. The Balaban J connectivity index is 1.78. The normalized spacial score (nSPS) is 23.7. The molecule has 0 unspecified atom stereocenters. The molecule has 7 heteroatoms.